The Hall–Kier alpha value is -2.74. The highest BCUT2D eigenvalue weighted by molar-refractivity contribution is 5.94. The molecular weight excluding hydrogens is 392 g/mol. The second-order valence-electron chi connectivity index (χ2n) is 8.70. The molecule has 0 bridgehead atoms. The maximum Gasteiger partial charge on any atom is 0.254 e. The van der Waals surface area contributed by atoms with Crippen molar-refractivity contribution < 1.29 is 9.59 Å². The molecule has 2 fully saturated rings. The van der Waals surface area contributed by atoms with Crippen LogP contribution >= 0.6 is 0 Å². The monoisotopic (exact) mass is 424 g/mol. The molecule has 1 aromatic heterocycles. The first kappa shape index (κ1) is 21.5. The van der Waals surface area contributed by atoms with Crippen LogP contribution in [0.2, 0.25) is 0 Å². The van der Waals surface area contributed by atoms with Crippen molar-refractivity contribution in [2.75, 3.05) is 39.3 Å². The van der Waals surface area contributed by atoms with Gasteiger partial charge in [-0.15, -0.1) is 0 Å². The summed E-state index contributed by atoms with van der Waals surface area (Å²) in [5, 5.41) is 7.32. The van der Waals surface area contributed by atoms with Crippen LogP contribution in [0.15, 0.2) is 30.3 Å². The second kappa shape index (κ2) is 9.60. The van der Waals surface area contributed by atoms with E-state index in [9.17, 15) is 9.59 Å². The lowest BCUT2D eigenvalue weighted by atomic mass is 9.96. The van der Waals surface area contributed by atoms with E-state index in [2.05, 4.69) is 20.1 Å². The van der Waals surface area contributed by atoms with Gasteiger partial charge in [-0.3, -0.25) is 14.7 Å². The molecule has 1 atom stereocenters. The molecule has 2 aromatic rings. The largest absolute Gasteiger partial charge is 0.343 e. The Balaban J connectivity index is 1.45. The summed E-state index contributed by atoms with van der Waals surface area (Å²) >= 11 is 0. The van der Waals surface area contributed by atoms with Gasteiger partial charge < -0.3 is 14.7 Å². The van der Waals surface area contributed by atoms with Gasteiger partial charge in [0.2, 0.25) is 5.91 Å². The molecule has 0 saturated carbocycles. The van der Waals surface area contributed by atoms with Crippen LogP contribution in [0.3, 0.4) is 0 Å². The Bertz CT molecular complexity index is 890. The summed E-state index contributed by atoms with van der Waals surface area (Å²) in [6.07, 6.45) is 2.90. The van der Waals surface area contributed by atoms with Crippen molar-refractivity contribution in [2.45, 2.75) is 39.2 Å². The zero-order valence-corrected chi connectivity index (χ0v) is 18.5. The Morgan fingerprint density at radius 2 is 1.77 bits per heavy atom. The van der Waals surface area contributed by atoms with Crippen molar-refractivity contribution in [1.82, 2.24) is 29.9 Å². The lowest BCUT2D eigenvalue weighted by molar-refractivity contribution is -0.130. The molecule has 2 aliphatic heterocycles. The van der Waals surface area contributed by atoms with E-state index in [1.54, 1.807) is 6.92 Å². The van der Waals surface area contributed by atoms with Gasteiger partial charge in [0.05, 0.1) is 6.04 Å². The minimum Gasteiger partial charge on any atom is -0.343 e. The maximum atomic E-state index is 13.3. The number of likely N-dealkylation sites (tertiary alicyclic amines) is 1. The minimum atomic E-state index is -0.137. The van der Waals surface area contributed by atoms with Crippen LogP contribution in [0.25, 0.3) is 0 Å². The molecule has 0 radical (unpaired) electrons. The van der Waals surface area contributed by atoms with Crippen LogP contribution in [0.4, 0.5) is 0 Å². The summed E-state index contributed by atoms with van der Waals surface area (Å²) < 4.78 is 0. The van der Waals surface area contributed by atoms with Crippen LogP contribution < -0.4 is 0 Å². The topological polar surface area (TPSA) is 85.4 Å². The summed E-state index contributed by atoms with van der Waals surface area (Å²) in [5.74, 6) is 2.26. The molecule has 166 valence electrons. The van der Waals surface area contributed by atoms with E-state index in [1.165, 1.54) is 0 Å². The Morgan fingerprint density at radius 3 is 2.42 bits per heavy atom. The average molecular weight is 425 g/mol. The molecule has 0 spiro atoms. The Morgan fingerprint density at radius 1 is 1.03 bits per heavy atom. The van der Waals surface area contributed by atoms with E-state index in [0.29, 0.717) is 23.9 Å². The first-order chi connectivity index (χ1) is 15.0. The van der Waals surface area contributed by atoms with Gasteiger partial charge >= 0.3 is 0 Å². The summed E-state index contributed by atoms with van der Waals surface area (Å²) in [6.45, 7) is 8.65. The molecule has 3 heterocycles. The number of hydrogen-bond donors (Lipinski definition) is 1. The molecule has 0 aliphatic carbocycles. The number of aromatic nitrogens is 3. The highest BCUT2D eigenvalue weighted by atomic mass is 16.2. The predicted molar refractivity (Wildman–Crippen MR) is 117 cm³/mol. The number of aromatic amines is 1. The number of aryl methyl sites for hydroxylation is 1. The van der Waals surface area contributed by atoms with Gasteiger partial charge in [0.15, 0.2) is 5.82 Å². The molecule has 31 heavy (non-hydrogen) atoms. The quantitative estimate of drug-likeness (QED) is 0.814. The minimum absolute atomic E-state index is 0.0321. The maximum absolute atomic E-state index is 13.3. The molecule has 1 N–H and O–H groups in total. The smallest absolute Gasteiger partial charge is 0.254 e. The number of carbonyl (C=O) groups excluding carboxylic acids is 2. The molecular formula is C23H32N6O2. The van der Waals surface area contributed by atoms with Crippen molar-refractivity contribution in [2.24, 2.45) is 5.92 Å². The van der Waals surface area contributed by atoms with Gasteiger partial charge in [0, 0.05) is 51.8 Å². The first-order valence-corrected chi connectivity index (χ1v) is 11.2. The zero-order valence-electron chi connectivity index (χ0n) is 18.5. The van der Waals surface area contributed by atoms with Crippen LogP contribution in [0, 0.1) is 12.8 Å². The van der Waals surface area contributed by atoms with Crippen molar-refractivity contribution >= 4 is 11.8 Å². The number of hydrogen-bond acceptors (Lipinski definition) is 5. The highest BCUT2D eigenvalue weighted by Gasteiger charge is 2.33. The molecule has 2 saturated heterocycles. The first-order valence-electron chi connectivity index (χ1n) is 11.2. The molecule has 2 aliphatic rings. The van der Waals surface area contributed by atoms with E-state index in [1.807, 2.05) is 47.1 Å². The summed E-state index contributed by atoms with van der Waals surface area (Å²) in [7, 11) is 0. The number of carbonyl (C=O) groups is 2. The van der Waals surface area contributed by atoms with Crippen molar-refractivity contribution in [3.05, 3.63) is 47.5 Å². The van der Waals surface area contributed by atoms with Crippen molar-refractivity contribution in [1.29, 1.82) is 0 Å². The molecule has 8 nitrogen and oxygen atoms in total. The SMILES string of the molecule is CC(=O)N1CCC(CN2CCC(c3n[nH]c(C)n3)N(C(=O)c3ccccc3)CC2)CC1. The van der Waals surface area contributed by atoms with Crippen LogP contribution in [0.1, 0.15) is 54.2 Å². The van der Waals surface area contributed by atoms with E-state index in [0.717, 1.165) is 57.8 Å². The lowest BCUT2D eigenvalue weighted by Crippen LogP contribution is -2.42. The van der Waals surface area contributed by atoms with Crippen LogP contribution in [-0.4, -0.2) is 81.0 Å². The third kappa shape index (κ3) is 5.12. The van der Waals surface area contributed by atoms with Crippen LogP contribution in [0.5, 0.6) is 0 Å². The second-order valence-corrected chi connectivity index (χ2v) is 8.70. The molecule has 2 amide bonds. The molecule has 1 aromatic carbocycles. The lowest BCUT2D eigenvalue weighted by Gasteiger charge is -2.34. The number of piperidine rings is 1. The van der Waals surface area contributed by atoms with E-state index >= 15 is 0 Å². The standard InChI is InChI=1S/C23H32N6O2/c1-17-24-22(26-25-17)21-10-11-27(16-19-8-12-28(13-9-19)18(2)30)14-15-29(21)23(31)20-6-4-3-5-7-20/h3-7,19,21H,8-16H2,1-2H3,(H,24,25,26). The van der Waals surface area contributed by atoms with Crippen molar-refractivity contribution in [3.63, 3.8) is 0 Å². The van der Waals surface area contributed by atoms with Gasteiger partial charge in [-0.25, -0.2) is 4.98 Å². The fourth-order valence-corrected chi connectivity index (χ4v) is 4.72. The highest BCUT2D eigenvalue weighted by Crippen LogP contribution is 2.28. The van der Waals surface area contributed by atoms with Gasteiger partial charge in [0.1, 0.15) is 5.82 Å². The number of nitrogens with zero attached hydrogens (tertiary/aromatic N) is 5. The fraction of sp³-hybridized carbons (Fsp3) is 0.565. The third-order valence-electron chi connectivity index (χ3n) is 6.52. The third-order valence-corrected chi connectivity index (χ3v) is 6.52. The van der Waals surface area contributed by atoms with E-state index in [4.69, 9.17) is 0 Å². The van der Waals surface area contributed by atoms with Gasteiger partial charge in [-0.1, -0.05) is 18.2 Å². The van der Waals surface area contributed by atoms with Gasteiger partial charge in [-0.2, -0.15) is 5.10 Å². The Labute approximate surface area is 183 Å². The fourth-order valence-electron chi connectivity index (χ4n) is 4.72. The summed E-state index contributed by atoms with van der Waals surface area (Å²) in [4.78, 5) is 35.8. The molecule has 1 unspecified atom stereocenters. The number of H-pyrrole nitrogens is 1. The van der Waals surface area contributed by atoms with E-state index < -0.39 is 0 Å². The Kier molecular flexibility index (Phi) is 6.65. The van der Waals surface area contributed by atoms with Gasteiger partial charge in [0.25, 0.3) is 5.91 Å². The number of amides is 2. The number of benzene rings is 1. The molecule has 4 rings (SSSR count). The number of nitrogens with one attached hydrogen (secondary N) is 1. The van der Waals surface area contributed by atoms with Crippen LogP contribution in [-0.2, 0) is 4.79 Å². The average Bonchev–Trinajstić information content (AvgIpc) is 3.10. The van der Waals surface area contributed by atoms with Crippen molar-refractivity contribution in [3.8, 4) is 0 Å². The normalized spacial score (nSPS) is 21.2. The molecule has 8 heteroatoms. The number of rotatable bonds is 4. The zero-order chi connectivity index (χ0) is 21.8. The van der Waals surface area contributed by atoms with E-state index in [-0.39, 0.29) is 17.9 Å². The predicted octanol–water partition coefficient (Wildman–Crippen LogP) is 2.26. The van der Waals surface area contributed by atoms with Gasteiger partial charge in [-0.05, 0) is 44.2 Å². The summed E-state index contributed by atoms with van der Waals surface area (Å²) in [6, 6.07) is 9.33. The summed E-state index contributed by atoms with van der Waals surface area (Å²) in [5.41, 5.74) is 0.699.